The zero-order valence-corrected chi connectivity index (χ0v) is 14.8. The summed E-state index contributed by atoms with van der Waals surface area (Å²) < 4.78 is 18.2. The lowest BCUT2D eigenvalue weighted by Gasteiger charge is -2.22. The highest BCUT2D eigenvalue weighted by atomic mass is 19.1. The van der Waals surface area contributed by atoms with E-state index in [4.69, 9.17) is 4.74 Å². The Morgan fingerprint density at radius 3 is 2.37 bits per heavy atom. The molecule has 1 aliphatic heterocycles. The highest BCUT2D eigenvalue weighted by Crippen LogP contribution is 2.28. The first-order valence-electron chi connectivity index (χ1n) is 8.17. The second-order valence-electron chi connectivity index (χ2n) is 6.23. The van der Waals surface area contributed by atoms with Gasteiger partial charge in [0.15, 0.2) is 0 Å². The zero-order valence-electron chi connectivity index (χ0n) is 14.8. The van der Waals surface area contributed by atoms with Crippen molar-refractivity contribution in [3.05, 3.63) is 59.9 Å². The largest absolute Gasteiger partial charge is 0.497 e. The van der Waals surface area contributed by atoms with Crippen molar-refractivity contribution in [3.63, 3.8) is 0 Å². The molecule has 1 fully saturated rings. The van der Waals surface area contributed by atoms with Crippen molar-refractivity contribution in [1.29, 1.82) is 0 Å². The molecule has 4 amide bonds. The minimum atomic E-state index is -1.36. The lowest BCUT2D eigenvalue weighted by molar-refractivity contribution is -0.133. The van der Waals surface area contributed by atoms with Crippen molar-refractivity contribution in [1.82, 2.24) is 10.2 Å². The van der Waals surface area contributed by atoms with E-state index >= 15 is 0 Å². The number of halogens is 1. The fourth-order valence-corrected chi connectivity index (χ4v) is 2.84. The van der Waals surface area contributed by atoms with E-state index in [2.05, 4.69) is 10.6 Å². The van der Waals surface area contributed by atoms with Crippen molar-refractivity contribution < 1.29 is 23.5 Å². The Kier molecular flexibility index (Phi) is 4.81. The van der Waals surface area contributed by atoms with Gasteiger partial charge in [-0.05, 0) is 48.9 Å². The molecule has 2 N–H and O–H groups in total. The van der Waals surface area contributed by atoms with E-state index in [0.29, 0.717) is 17.0 Å². The van der Waals surface area contributed by atoms with Crippen LogP contribution in [0.4, 0.5) is 14.9 Å². The molecule has 3 rings (SSSR count). The summed E-state index contributed by atoms with van der Waals surface area (Å²) in [7, 11) is 1.53. The van der Waals surface area contributed by atoms with Crippen LogP contribution in [0.3, 0.4) is 0 Å². The first-order chi connectivity index (χ1) is 12.8. The molecule has 1 atom stereocenters. The third kappa shape index (κ3) is 3.59. The van der Waals surface area contributed by atoms with E-state index in [1.807, 2.05) is 0 Å². The van der Waals surface area contributed by atoms with E-state index < -0.39 is 35.7 Å². The van der Waals surface area contributed by atoms with Crippen LogP contribution in [0, 0.1) is 5.82 Å². The standard InChI is InChI=1S/C19H18FN3O4/c1-19(12-3-5-13(20)6-4-12)17(25)23(18(26)22-19)11-16(24)21-14-7-9-15(27-2)10-8-14/h3-10H,11H2,1-2H3,(H,21,24)(H,22,26)/t19-/m1/s1. The number of rotatable bonds is 5. The first-order valence-corrected chi connectivity index (χ1v) is 8.17. The summed E-state index contributed by atoms with van der Waals surface area (Å²) in [5, 5.41) is 5.19. The van der Waals surface area contributed by atoms with Crippen LogP contribution < -0.4 is 15.4 Å². The van der Waals surface area contributed by atoms with Crippen molar-refractivity contribution in [2.24, 2.45) is 0 Å². The summed E-state index contributed by atoms with van der Waals surface area (Å²) in [5.41, 5.74) is -0.417. The van der Waals surface area contributed by atoms with Crippen LogP contribution in [0.1, 0.15) is 12.5 Å². The maximum absolute atomic E-state index is 13.1. The molecule has 0 saturated carbocycles. The lowest BCUT2D eigenvalue weighted by atomic mass is 9.92. The van der Waals surface area contributed by atoms with Gasteiger partial charge in [0.25, 0.3) is 5.91 Å². The van der Waals surface area contributed by atoms with E-state index in [9.17, 15) is 18.8 Å². The van der Waals surface area contributed by atoms with Gasteiger partial charge in [0, 0.05) is 5.69 Å². The van der Waals surface area contributed by atoms with Crippen LogP contribution >= 0.6 is 0 Å². The minimum Gasteiger partial charge on any atom is -0.497 e. The molecule has 1 heterocycles. The van der Waals surface area contributed by atoms with E-state index in [-0.39, 0.29) is 0 Å². The number of nitrogens with zero attached hydrogens (tertiary/aromatic N) is 1. The molecule has 8 heteroatoms. The molecule has 140 valence electrons. The number of benzene rings is 2. The number of amides is 4. The number of ether oxygens (including phenoxy) is 1. The topological polar surface area (TPSA) is 87.7 Å². The van der Waals surface area contributed by atoms with Gasteiger partial charge < -0.3 is 15.4 Å². The maximum Gasteiger partial charge on any atom is 0.325 e. The Morgan fingerprint density at radius 2 is 1.78 bits per heavy atom. The van der Waals surface area contributed by atoms with Gasteiger partial charge in [0.1, 0.15) is 23.7 Å². The van der Waals surface area contributed by atoms with E-state index in [0.717, 1.165) is 4.90 Å². The summed E-state index contributed by atoms with van der Waals surface area (Å²) in [4.78, 5) is 38.1. The molecule has 2 aromatic rings. The number of carbonyl (C=O) groups is 3. The molecule has 0 unspecified atom stereocenters. The summed E-state index contributed by atoms with van der Waals surface area (Å²) in [6.45, 7) is 1.08. The Labute approximate surface area is 155 Å². The first kappa shape index (κ1) is 18.4. The third-order valence-corrected chi connectivity index (χ3v) is 4.37. The molecule has 0 aromatic heterocycles. The molecule has 27 heavy (non-hydrogen) atoms. The number of hydrogen-bond acceptors (Lipinski definition) is 4. The fraction of sp³-hybridized carbons (Fsp3) is 0.211. The Bertz CT molecular complexity index is 883. The SMILES string of the molecule is COc1ccc(NC(=O)CN2C(=O)N[C@](C)(c3ccc(F)cc3)C2=O)cc1. The van der Waals surface area contributed by atoms with Crippen molar-refractivity contribution in [3.8, 4) is 5.75 Å². The smallest absolute Gasteiger partial charge is 0.325 e. The normalized spacial score (nSPS) is 19.0. The Morgan fingerprint density at radius 1 is 1.15 bits per heavy atom. The molecule has 1 saturated heterocycles. The van der Waals surface area contributed by atoms with Crippen LogP contribution in [-0.2, 0) is 15.1 Å². The molecule has 7 nitrogen and oxygen atoms in total. The summed E-state index contributed by atoms with van der Waals surface area (Å²) in [5.74, 6) is -0.914. The second-order valence-corrected chi connectivity index (χ2v) is 6.23. The van der Waals surface area contributed by atoms with Gasteiger partial charge in [-0.15, -0.1) is 0 Å². The van der Waals surface area contributed by atoms with Gasteiger partial charge in [-0.3, -0.25) is 14.5 Å². The number of nitrogens with one attached hydrogen (secondary N) is 2. The maximum atomic E-state index is 13.1. The molecular formula is C19H18FN3O4. The van der Waals surface area contributed by atoms with E-state index in [1.54, 1.807) is 24.3 Å². The predicted octanol–water partition coefficient (Wildman–Crippen LogP) is 2.24. The van der Waals surface area contributed by atoms with Gasteiger partial charge in [-0.2, -0.15) is 0 Å². The van der Waals surface area contributed by atoms with Crippen molar-refractivity contribution in [2.45, 2.75) is 12.5 Å². The highest BCUT2D eigenvalue weighted by molar-refractivity contribution is 6.10. The highest BCUT2D eigenvalue weighted by Gasteiger charge is 2.49. The molecule has 0 bridgehead atoms. The van der Waals surface area contributed by atoms with Crippen LogP contribution in [-0.4, -0.2) is 36.4 Å². The van der Waals surface area contributed by atoms with Crippen LogP contribution in [0.2, 0.25) is 0 Å². The lowest BCUT2D eigenvalue weighted by Crippen LogP contribution is -2.42. The Balaban J connectivity index is 1.71. The molecule has 0 spiro atoms. The number of carbonyl (C=O) groups excluding carboxylic acids is 3. The number of hydrogen-bond donors (Lipinski definition) is 2. The molecule has 0 aliphatic carbocycles. The van der Waals surface area contributed by atoms with Gasteiger partial charge >= 0.3 is 6.03 Å². The van der Waals surface area contributed by atoms with Gasteiger partial charge in [0.2, 0.25) is 5.91 Å². The second kappa shape index (κ2) is 7.06. The summed E-state index contributed by atoms with van der Waals surface area (Å²) >= 11 is 0. The van der Waals surface area contributed by atoms with Gasteiger partial charge in [0.05, 0.1) is 7.11 Å². The van der Waals surface area contributed by atoms with E-state index in [1.165, 1.54) is 38.3 Å². The summed E-state index contributed by atoms with van der Waals surface area (Å²) in [6.07, 6.45) is 0. The number of imide groups is 1. The molecule has 0 radical (unpaired) electrons. The number of urea groups is 1. The average Bonchev–Trinajstić information content (AvgIpc) is 2.87. The average molecular weight is 371 g/mol. The van der Waals surface area contributed by atoms with Crippen LogP contribution in [0.5, 0.6) is 5.75 Å². The quantitative estimate of drug-likeness (QED) is 0.789. The van der Waals surface area contributed by atoms with Crippen molar-refractivity contribution >= 4 is 23.5 Å². The number of methoxy groups -OCH3 is 1. The number of anilines is 1. The molecular weight excluding hydrogens is 353 g/mol. The van der Waals surface area contributed by atoms with Gasteiger partial charge in [-0.25, -0.2) is 9.18 Å². The fourth-order valence-electron chi connectivity index (χ4n) is 2.84. The van der Waals surface area contributed by atoms with Crippen molar-refractivity contribution in [2.75, 3.05) is 19.0 Å². The van der Waals surface area contributed by atoms with Gasteiger partial charge in [-0.1, -0.05) is 12.1 Å². The van der Waals surface area contributed by atoms with Crippen LogP contribution in [0.15, 0.2) is 48.5 Å². The molecule has 1 aliphatic rings. The minimum absolute atomic E-state index is 0.431. The third-order valence-electron chi connectivity index (χ3n) is 4.37. The monoisotopic (exact) mass is 371 g/mol. The Hall–Kier alpha value is -3.42. The van der Waals surface area contributed by atoms with Crippen LogP contribution in [0.25, 0.3) is 0 Å². The summed E-state index contributed by atoms with van der Waals surface area (Å²) in [6, 6.07) is 11.2. The predicted molar refractivity (Wildman–Crippen MR) is 95.6 cm³/mol. The molecule has 2 aromatic carbocycles. The zero-order chi connectivity index (χ0) is 19.6.